The summed E-state index contributed by atoms with van der Waals surface area (Å²) in [5.74, 6) is -0.778. The molecular formula is C17H15FN2O3S. The summed E-state index contributed by atoms with van der Waals surface area (Å²) in [6, 6.07) is 12.0. The molecule has 1 aliphatic carbocycles. The van der Waals surface area contributed by atoms with Crippen LogP contribution in [0.25, 0.3) is 0 Å². The maximum absolute atomic E-state index is 13.4. The molecule has 0 radical (unpaired) electrons. The van der Waals surface area contributed by atoms with E-state index >= 15 is 0 Å². The van der Waals surface area contributed by atoms with Gasteiger partial charge in [0.05, 0.1) is 22.6 Å². The van der Waals surface area contributed by atoms with Gasteiger partial charge in [0.2, 0.25) is 10.0 Å². The van der Waals surface area contributed by atoms with Gasteiger partial charge >= 0.3 is 0 Å². The van der Waals surface area contributed by atoms with Crippen molar-refractivity contribution in [2.45, 2.75) is 23.3 Å². The Morgan fingerprint density at radius 3 is 2.75 bits per heavy atom. The van der Waals surface area contributed by atoms with Gasteiger partial charge in [0.25, 0.3) is 0 Å². The van der Waals surface area contributed by atoms with Crippen LogP contribution < -0.4 is 4.72 Å². The monoisotopic (exact) mass is 346 g/mol. The number of halogens is 1. The minimum atomic E-state index is -4.03. The predicted molar refractivity (Wildman–Crippen MR) is 85.0 cm³/mol. The molecule has 1 aliphatic rings. The number of sulfonamides is 1. The Balaban J connectivity index is 2.02. The SMILES string of the molecule is N#Cc1cc(S(=O)(=O)N[C@@]2(CO)CCc3ccccc32)ccc1F. The minimum absolute atomic E-state index is 0.211. The fourth-order valence-electron chi connectivity index (χ4n) is 3.06. The van der Waals surface area contributed by atoms with Gasteiger partial charge < -0.3 is 5.11 Å². The molecule has 0 aromatic heterocycles. The van der Waals surface area contributed by atoms with Crippen molar-refractivity contribution >= 4 is 10.0 Å². The first-order valence-corrected chi connectivity index (χ1v) is 8.83. The second kappa shape index (κ2) is 5.98. The molecule has 124 valence electrons. The average Bonchev–Trinajstić information content (AvgIpc) is 2.94. The van der Waals surface area contributed by atoms with E-state index in [4.69, 9.17) is 5.26 Å². The summed E-state index contributed by atoms with van der Waals surface area (Å²) in [5.41, 5.74) is 0.254. The number of rotatable bonds is 4. The highest BCUT2D eigenvalue weighted by molar-refractivity contribution is 7.89. The van der Waals surface area contributed by atoms with Crippen molar-refractivity contribution in [1.29, 1.82) is 5.26 Å². The Kier molecular flexibility index (Phi) is 4.13. The molecule has 0 saturated heterocycles. The zero-order chi connectivity index (χ0) is 17.4. The zero-order valence-corrected chi connectivity index (χ0v) is 13.5. The van der Waals surface area contributed by atoms with Crippen LogP contribution >= 0.6 is 0 Å². The molecule has 7 heteroatoms. The maximum atomic E-state index is 13.4. The standard InChI is InChI=1S/C17H15FN2O3S/c18-16-6-5-14(9-13(16)10-19)24(22,23)20-17(11-21)8-7-12-3-1-2-4-15(12)17/h1-6,9,20-21H,7-8,11H2/t17-/m1/s1. The highest BCUT2D eigenvalue weighted by Crippen LogP contribution is 2.37. The summed E-state index contributed by atoms with van der Waals surface area (Å²) in [6.07, 6.45) is 1.07. The maximum Gasteiger partial charge on any atom is 0.241 e. The van der Waals surface area contributed by atoms with E-state index < -0.39 is 28.0 Å². The van der Waals surface area contributed by atoms with Gasteiger partial charge in [-0.15, -0.1) is 0 Å². The molecule has 0 saturated carbocycles. The highest BCUT2D eigenvalue weighted by Gasteiger charge is 2.41. The Hall–Kier alpha value is -2.27. The molecule has 24 heavy (non-hydrogen) atoms. The topological polar surface area (TPSA) is 90.2 Å². The second-order valence-electron chi connectivity index (χ2n) is 5.76. The number of benzene rings is 2. The molecule has 1 atom stereocenters. The van der Waals surface area contributed by atoms with E-state index in [-0.39, 0.29) is 10.5 Å². The van der Waals surface area contributed by atoms with Crippen LogP contribution in [0.15, 0.2) is 47.4 Å². The average molecular weight is 346 g/mol. The van der Waals surface area contributed by atoms with E-state index in [9.17, 15) is 17.9 Å². The Labute approximate surface area is 139 Å². The Morgan fingerprint density at radius 1 is 1.29 bits per heavy atom. The third-order valence-corrected chi connectivity index (χ3v) is 5.86. The number of nitriles is 1. The molecule has 2 aromatic carbocycles. The number of hydrogen-bond donors (Lipinski definition) is 2. The fraction of sp³-hybridized carbons (Fsp3) is 0.235. The first-order chi connectivity index (χ1) is 11.4. The van der Waals surface area contributed by atoms with E-state index in [0.29, 0.717) is 12.8 Å². The lowest BCUT2D eigenvalue weighted by Gasteiger charge is -2.29. The summed E-state index contributed by atoms with van der Waals surface area (Å²) >= 11 is 0. The number of hydrogen-bond acceptors (Lipinski definition) is 4. The van der Waals surface area contributed by atoms with E-state index in [1.807, 2.05) is 12.1 Å². The summed E-state index contributed by atoms with van der Waals surface area (Å²) in [4.78, 5) is -0.211. The molecule has 0 fully saturated rings. The molecule has 3 rings (SSSR count). The summed E-state index contributed by atoms with van der Waals surface area (Å²) in [5, 5.41) is 18.8. The van der Waals surface area contributed by atoms with Crippen molar-refractivity contribution in [3.05, 3.63) is 65.0 Å². The van der Waals surface area contributed by atoms with Gasteiger partial charge in [-0.1, -0.05) is 24.3 Å². The number of nitrogens with one attached hydrogen (secondary N) is 1. The van der Waals surface area contributed by atoms with Gasteiger partial charge in [-0.2, -0.15) is 9.98 Å². The van der Waals surface area contributed by atoms with E-state index in [1.54, 1.807) is 18.2 Å². The molecule has 5 nitrogen and oxygen atoms in total. The first-order valence-electron chi connectivity index (χ1n) is 7.35. The van der Waals surface area contributed by atoms with Gasteiger partial charge in [0.1, 0.15) is 11.9 Å². The van der Waals surface area contributed by atoms with Crippen molar-refractivity contribution in [3.8, 4) is 6.07 Å². The van der Waals surface area contributed by atoms with E-state index in [0.717, 1.165) is 29.3 Å². The van der Waals surface area contributed by atoms with E-state index in [1.165, 1.54) is 0 Å². The van der Waals surface area contributed by atoms with Gasteiger partial charge in [-0.3, -0.25) is 0 Å². The summed E-state index contributed by atoms with van der Waals surface area (Å²) < 4.78 is 41.4. The summed E-state index contributed by atoms with van der Waals surface area (Å²) in [6.45, 7) is -0.393. The van der Waals surface area contributed by atoms with Crippen molar-refractivity contribution in [2.24, 2.45) is 0 Å². The molecule has 0 heterocycles. The lowest BCUT2D eigenvalue weighted by Crippen LogP contribution is -2.47. The minimum Gasteiger partial charge on any atom is -0.394 e. The van der Waals surface area contributed by atoms with Crippen LogP contribution in [0, 0.1) is 17.1 Å². The molecule has 0 aliphatic heterocycles. The Morgan fingerprint density at radius 2 is 2.04 bits per heavy atom. The number of aliphatic hydroxyl groups is 1. The lowest BCUT2D eigenvalue weighted by atomic mass is 9.94. The molecule has 0 bridgehead atoms. The number of fused-ring (bicyclic) bond motifs is 1. The smallest absolute Gasteiger partial charge is 0.241 e. The quantitative estimate of drug-likeness (QED) is 0.883. The van der Waals surface area contributed by atoms with Crippen molar-refractivity contribution in [2.75, 3.05) is 6.61 Å². The predicted octanol–water partition coefficient (Wildman–Crippen LogP) is 1.81. The van der Waals surface area contributed by atoms with Crippen LogP contribution in [-0.4, -0.2) is 20.1 Å². The normalized spacial score (nSPS) is 19.7. The van der Waals surface area contributed by atoms with Gasteiger partial charge in [-0.25, -0.2) is 12.8 Å². The fourth-order valence-corrected chi connectivity index (χ4v) is 4.49. The number of aryl methyl sites for hydroxylation is 1. The highest BCUT2D eigenvalue weighted by atomic mass is 32.2. The van der Waals surface area contributed by atoms with Crippen LogP contribution in [-0.2, 0) is 22.0 Å². The van der Waals surface area contributed by atoms with Gasteiger partial charge in [0, 0.05) is 0 Å². The van der Waals surface area contributed by atoms with Crippen molar-refractivity contribution < 1.29 is 17.9 Å². The van der Waals surface area contributed by atoms with Crippen molar-refractivity contribution in [1.82, 2.24) is 4.72 Å². The van der Waals surface area contributed by atoms with Gasteiger partial charge in [0.15, 0.2) is 0 Å². The second-order valence-corrected chi connectivity index (χ2v) is 7.44. The van der Waals surface area contributed by atoms with Crippen LogP contribution in [0.3, 0.4) is 0 Å². The largest absolute Gasteiger partial charge is 0.394 e. The molecule has 0 unspecified atom stereocenters. The van der Waals surface area contributed by atoms with Gasteiger partial charge in [-0.05, 0) is 42.2 Å². The third-order valence-electron chi connectivity index (χ3n) is 4.32. The molecule has 2 N–H and O–H groups in total. The van der Waals surface area contributed by atoms with Crippen LogP contribution in [0.4, 0.5) is 4.39 Å². The molecule has 0 amide bonds. The van der Waals surface area contributed by atoms with Crippen LogP contribution in [0.2, 0.25) is 0 Å². The first kappa shape index (κ1) is 16.6. The van der Waals surface area contributed by atoms with E-state index in [2.05, 4.69) is 4.72 Å². The Bertz CT molecular complexity index is 937. The third kappa shape index (κ3) is 2.69. The summed E-state index contributed by atoms with van der Waals surface area (Å²) in [7, 11) is -4.03. The molecule has 2 aromatic rings. The number of aliphatic hydroxyl groups excluding tert-OH is 1. The number of nitrogens with zero attached hydrogens (tertiary/aromatic N) is 1. The zero-order valence-electron chi connectivity index (χ0n) is 12.7. The van der Waals surface area contributed by atoms with Crippen LogP contribution in [0.1, 0.15) is 23.1 Å². The molecule has 0 spiro atoms. The van der Waals surface area contributed by atoms with Crippen molar-refractivity contribution in [3.63, 3.8) is 0 Å². The lowest BCUT2D eigenvalue weighted by molar-refractivity contribution is 0.182. The van der Waals surface area contributed by atoms with Crippen LogP contribution in [0.5, 0.6) is 0 Å². The molecular weight excluding hydrogens is 331 g/mol.